The third kappa shape index (κ3) is 5.27. The van der Waals surface area contributed by atoms with Crippen molar-refractivity contribution in [1.29, 1.82) is 0 Å². The van der Waals surface area contributed by atoms with Crippen molar-refractivity contribution in [3.63, 3.8) is 0 Å². The van der Waals surface area contributed by atoms with Crippen molar-refractivity contribution in [2.75, 3.05) is 20.2 Å². The lowest BCUT2D eigenvalue weighted by atomic mass is 10.3. The van der Waals surface area contributed by atoms with Gasteiger partial charge in [0.25, 0.3) is 0 Å². The van der Waals surface area contributed by atoms with E-state index in [0.717, 1.165) is 17.8 Å². The summed E-state index contributed by atoms with van der Waals surface area (Å²) in [5, 5.41) is 4.98. The number of halogens is 1. The number of hydrogen-bond acceptors (Lipinski definition) is 3. The number of aryl methyl sites for hydroxylation is 3. The molecule has 0 aliphatic heterocycles. The Morgan fingerprint density at radius 1 is 1.33 bits per heavy atom. The number of nitrogens with zero attached hydrogens (tertiary/aromatic N) is 3. The first-order valence-corrected chi connectivity index (χ1v) is 8.47. The highest BCUT2D eigenvalue weighted by Gasteiger charge is 2.10. The third-order valence-electron chi connectivity index (χ3n) is 3.80. The Morgan fingerprint density at radius 2 is 2.08 bits per heavy atom. The highest BCUT2D eigenvalue weighted by Crippen LogP contribution is 2.23. The number of para-hydroxylation sites is 1. The number of hydrogen-bond donors (Lipinski definition) is 0. The molecule has 2 aromatic rings. The van der Waals surface area contributed by atoms with Gasteiger partial charge in [-0.05, 0) is 38.5 Å². The predicted molar refractivity (Wildman–Crippen MR) is 95.5 cm³/mol. The monoisotopic (exact) mass is 349 g/mol. The summed E-state index contributed by atoms with van der Waals surface area (Å²) >= 11 is 6.03. The lowest BCUT2D eigenvalue weighted by Gasteiger charge is -2.17. The molecule has 130 valence electrons. The third-order valence-corrected chi connectivity index (χ3v) is 4.11. The average Bonchev–Trinajstić information content (AvgIpc) is 2.88. The van der Waals surface area contributed by atoms with Crippen LogP contribution in [0.5, 0.6) is 5.75 Å². The Morgan fingerprint density at radius 3 is 2.75 bits per heavy atom. The van der Waals surface area contributed by atoms with Crippen molar-refractivity contribution in [3.05, 3.63) is 46.7 Å². The zero-order valence-electron chi connectivity index (χ0n) is 14.5. The molecule has 2 rings (SSSR count). The van der Waals surface area contributed by atoms with Crippen LogP contribution < -0.4 is 4.74 Å². The van der Waals surface area contributed by atoms with Gasteiger partial charge in [-0.3, -0.25) is 9.48 Å². The van der Waals surface area contributed by atoms with Crippen LogP contribution >= 0.6 is 11.6 Å². The molecule has 0 saturated carbocycles. The normalized spacial score (nSPS) is 10.7. The Kier molecular flexibility index (Phi) is 6.67. The fourth-order valence-corrected chi connectivity index (χ4v) is 2.65. The average molecular weight is 350 g/mol. The van der Waals surface area contributed by atoms with Crippen molar-refractivity contribution < 1.29 is 9.53 Å². The van der Waals surface area contributed by atoms with Crippen LogP contribution in [0, 0.1) is 13.8 Å². The van der Waals surface area contributed by atoms with Gasteiger partial charge in [-0.1, -0.05) is 23.7 Å². The van der Waals surface area contributed by atoms with Gasteiger partial charge in [0.05, 0.1) is 17.3 Å². The van der Waals surface area contributed by atoms with Gasteiger partial charge in [0.15, 0.2) is 0 Å². The van der Waals surface area contributed by atoms with E-state index in [9.17, 15) is 4.79 Å². The molecule has 0 atom stereocenters. The molecule has 24 heavy (non-hydrogen) atoms. The minimum atomic E-state index is 0.111. The van der Waals surface area contributed by atoms with E-state index in [0.29, 0.717) is 36.9 Å². The van der Waals surface area contributed by atoms with Crippen LogP contribution in [0.2, 0.25) is 5.02 Å². The molecule has 0 spiro atoms. The molecule has 0 fully saturated rings. The van der Waals surface area contributed by atoms with Gasteiger partial charge >= 0.3 is 0 Å². The van der Waals surface area contributed by atoms with Gasteiger partial charge in [-0.15, -0.1) is 0 Å². The van der Waals surface area contributed by atoms with Crippen LogP contribution in [0.1, 0.15) is 24.2 Å². The van der Waals surface area contributed by atoms with E-state index in [1.54, 1.807) is 11.0 Å². The summed E-state index contributed by atoms with van der Waals surface area (Å²) in [4.78, 5) is 13.9. The molecular formula is C18H24ClN3O2. The van der Waals surface area contributed by atoms with Crippen molar-refractivity contribution >= 4 is 17.5 Å². The molecule has 6 heteroatoms. The first-order chi connectivity index (χ1) is 11.5. The van der Waals surface area contributed by atoms with E-state index in [1.807, 2.05) is 49.8 Å². The van der Waals surface area contributed by atoms with Gasteiger partial charge in [-0.25, -0.2) is 0 Å². The van der Waals surface area contributed by atoms with E-state index < -0.39 is 0 Å². The summed E-state index contributed by atoms with van der Waals surface area (Å²) in [7, 11) is 1.82. The fraction of sp³-hybridized carbons (Fsp3) is 0.444. The van der Waals surface area contributed by atoms with Crippen LogP contribution in [0.25, 0.3) is 0 Å². The number of carbonyl (C=O) groups is 1. The van der Waals surface area contributed by atoms with E-state index in [-0.39, 0.29) is 5.91 Å². The zero-order valence-corrected chi connectivity index (χ0v) is 15.2. The van der Waals surface area contributed by atoms with Crippen molar-refractivity contribution in [2.24, 2.45) is 0 Å². The number of rotatable bonds is 8. The van der Waals surface area contributed by atoms with E-state index in [1.165, 1.54) is 0 Å². The van der Waals surface area contributed by atoms with Crippen LogP contribution in [0.3, 0.4) is 0 Å². The maximum absolute atomic E-state index is 12.2. The molecular weight excluding hydrogens is 326 g/mol. The van der Waals surface area contributed by atoms with Gasteiger partial charge in [0, 0.05) is 32.3 Å². The minimum Gasteiger partial charge on any atom is -0.492 e. The first-order valence-electron chi connectivity index (χ1n) is 8.09. The van der Waals surface area contributed by atoms with Gasteiger partial charge in [0.2, 0.25) is 5.91 Å². The Balaban J connectivity index is 1.68. The topological polar surface area (TPSA) is 47.4 Å². The summed E-state index contributed by atoms with van der Waals surface area (Å²) in [5.74, 6) is 0.790. The fourth-order valence-electron chi connectivity index (χ4n) is 2.46. The quantitative estimate of drug-likeness (QED) is 0.685. The molecule has 1 aromatic heterocycles. The van der Waals surface area contributed by atoms with Crippen LogP contribution in [0.15, 0.2) is 30.3 Å². The lowest BCUT2D eigenvalue weighted by Crippen LogP contribution is -2.29. The maximum atomic E-state index is 12.2. The van der Waals surface area contributed by atoms with Gasteiger partial charge in [-0.2, -0.15) is 5.10 Å². The van der Waals surface area contributed by atoms with Crippen molar-refractivity contribution in [1.82, 2.24) is 14.7 Å². The number of aromatic nitrogens is 2. The second-order valence-electron chi connectivity index (χ2n) is 5.85. The molecule has 0 bridgehead atoms. The number of benzene rings is 1. The summed E-state index contributed by atoms with van der Waals surface area (Å²) in [6.07, 6.45) is 1.21. The molecule has 1 heterocycles. The summed E-state index contributed by atoms with van der Waals surface area (Å²) < 4.78 is 7.51. The zero-order chi connectivity index (χ0) is 17.5. The SMILES string of the molecule is Cc1cc(C)n(CCC(=O)N(C)CCCOc2ccccc2Cl)n1. The summed E-state index contributed by atoms with van der Waals surface area (Å²) in [6, 6.07) is 9.40. The minimum absolute atomic E-state index is 0.111. The molecule has 0 unspecified atom stereocenters. The smallest absolute Gasteiger partial charge is 0.224 e. The van der Waals surface area contributed by atoms with Gasteiger partial charge < -0.3 is 9.64 Å². The molecule has 1 amide bonds. The van der Waals surface area contributed by atoms with E-state index in [4.69, 9.17) is 16.3 Å². The molecule has 1 aromatic carbocycles. The standard InChI is InChI=1S/C18H24ClN3O2/c1-14-13-15(2)22(20-14)11-9-18(23)21(3)10-6-12-24-17-8-5-4-7-16(17)19/h4-5,7-8,13H,6,9-12H2,1-3H3. The van der Waals surface area contributed by atoms with Crippen LogP contribution in [-0.2, 0) is 11.3 Å². The lowest BCUT2D eigenvalue weighted by molar-refractivity contribution is -0.130. The number of carbonyl (C=O) groups excluding carboxylic acids is 1. The van der Waals surface area contributed by atoms with Gasteiger partial charge in [0.1, 0.15) is 5.75 Å². The number of amides is 1. The highest BCUT2D eigenvalue weighted by molar-refractivity contribution is 6.32. The maximum Gasteiger partial charge on any atom is 0.224 e. The molecule has 0 aliphatic rings. The summed E-state index contributed by atoms with van der Waals surface area (Å²) in [5.41, 5.74) is 2.06. The van der Waals surface area contributed by atoms with Crippen molar-refractivity contribution in [2.45, 2.75) is 33.2 Å². The highest BCUT2D eigenvalue weighted by atomic mass is 35.5. The van der Waals surface area contributed by atoms with E-state index >= 15 is 0 Å². The first kappa shape index (κ1) is 18.3. The second kappa shape index (κ2) is 8.73. The molecule has 0 saturated heterocycles. The molecule has 0 aliphatic carbocycles. The Bertz CT molecular complexity index is 685. The predicted octanol–water partition coefficient (Wildman–Crippen LogP) is 3.47. The molecule has 5 nitrogen and oxygen atoms in total. The molecule has 0 N–H and O–H groups in total. The summed E-state index contributed by atoms with van der Waals surface area (Å²) in [6.45, 7) is 5.74. The van der Waals surface area contributed by atoms with E-state index in [2.05, 4.69) is 5.10 Å². The Labute approximate surface area is 148 Å². The largest absolute Gasteiger partial charge is 0.492 e. The molecule has 0 radical (unpaired) electrons. The van der Waals surface area contributed by atoms with Crippen LogP contribution in [-0.4, -0.2) is 40.8 Å². The Hall–Kier alpha value is -2.01. The number of ether oxygens (including phenoxy) is 1. The van der Waals surface area contributed by atoms with Crippen LogP contribution in [0.4, 0.5) is 0 Å². The second-order valence-corrected chi connectivity index (χ2v) is 6.26. The van der Waals surface area contributed by atoms with Crippen molar-refractivity contribution in [3.8, 4) is 5.75 Å².